The van der Waals surface area contributed by atoms with Gasteiger partial charge in [-0.25, -0.2) is 4.79 Å². The number of alkyl halides is 1. The lowest BCUT2D eigenvalue weighted by Crippen LogP contribution is -2.40. The van der Waals surface area contributed by atoms with Crippen LogP contribution in [0.5, 0.6) is 0 Å². The number of amides is 1. The summed E-state index contributed by atoms with van der Waals surface area (Å²) in [6.07, 6.45) is 2.27. The summed E-state index contributed by atoms with van der Waals surface area (Å²) < 4.78 is 5.41. The van der Waals surface area contributed by atoms with Crippen LogP contribution in [0.3, 0.4) is 0 Å². The number of rotatable bonds is 0. The molecule has 0 aliphatic carbocycles. The van der Waals surface area contributed by atoms with E-state index in [9.17, 15) is 4.79 Å². The third kappa shape index (κ3) is 2.83. The molecule has 1 atom stereocenters. The van der Waals surface area contributed by atoms with Crippen LogP contribution in [0.2, 0.25) is 0 Å². The molecule has 5 heteroatoms. The molecule has 0 saturated carbocycles. The third-order valence-electron chi connectivity index (χ3n) is 2.62. The lowest BCUT2D eigenvalue weighted by Gasteiger charge is -2.32. The zero-order chi connectivity index (χ0) is 13.3. The van der Waals surface area contributed by atoms with Crippen LogP contribution in [0.25, 0.3) is 0 Å². The maximum absolute atomic E-state index is 12.1. The summed E-state index contributed by atoms with van der Waals surface area (Å²) in [6, 6.07) is 3.74. The van der Waals surface area contributed by atoms with Crippen molar-refractivity contribution < 1.29 is 9.53 Å². The average Bonchev–Trinajstić information content (AvgIpc) is 2.27. The number of hydrogen-bond acceptors (Lipinski definition) is 3. The molecule has 0 N–H and O–H groups in total. The number of halogens is 1. The Labute approximate surface area is 115 Å². The van der Waals surface area contributed by atoms with Crippen molar-refractivity contribution in [2.75, 3.05) is 11.4 Å². The van der Waals surface area contributed by atoms with E-state index >= 15 is 0 Å². The van der Waals surface area contributed by atoms with E-state index in [1.54, 1.807) is 11.1 Å². The topological polar surface area (TPSA) is 42.4 Å². The molecule has 0 fully saturated rings. The molecular weight excluding hydrogens is 296 g/mol. The Morgan fingerprint density at radius 2 is 2.28 bits per heavy atom. The molecule has 0 saturated heterocycles. The Morgan fingerprint density at radius 1 is 1.56 bits per heavy atom. The Hall–Kier alpha value is -1.10. The SMILES string of the molecule is CC(C)(C)OC(=O)N1CCC(Br)c2ncccc21. The van der Waals surface area contributed by atoms with Gasteiger partial charge in [0.2, 0.25) is 0 Å². The van der Waals surface area contributed by atoms with Gasteiger partial charge < -0.3 is 4.74 Å². The predicted molar refractivity (Wildman–Crippen MR) is 74.1 cm³/mol. The van der Waals surface area contributed by atoms with Crippen LogP contribution in [0, 0.1) is 0 Å². The highest BCUT2D eigenvalue weighted by Gasteiger charge is 2.31. The van der Waals surface area contributed by atoms with E-state index in [1.165, 1.54) is 0 Å². The molecule has 0 aromatic carbocycles. The first kappa shape index (κ1) is 13.3. The quantitative estimate of drug-likeness (QED) is 0.686. The molecule has 0 spiro atoms. The smallest absolute Gasteiger partial charge is 0.414 e. The summed E-state index contributed by atoms with van der Waals surface area (Å²) in [4.78, 5) is 18.3. The van der Waals surface area contributed by atoms with Gasteiger partial charge in [0.15, 0.2) is 0 Å². The van der Waals surface area contributed by atoms with E-state index in [4.69, 9.17) is 4.74 Å². The first-order valence-electron chi connectivity index (χ1n) is 5.98. The fourth-order valence-electron chi connectivity index (χ4n) is 1.88. The second-order valence-corrected chi connectivity index (χ2v) is 6.40. The molecule has 2 rings (SSSR count). The lowest BCUT2D eigenvalue weighted by atomic mass is 10.1. The van der Waals surface area contributed by atoms with Gasteiger partial charge in [-0.2, -0.15) is 0 Å². The van der Waals surface area contributed by atoms with Crippen LogP contribution in [0.1, 0.15) is 37.7 Å². The molecule has 2 heterocycles. The summed E-state index contributed by atoms with van der Waals surface area (Å²) in [5.41, 5.74) is 1.25. The number of fused-ring (bicyclic) bond motifs is 1. The zero-order valence-electron chi connectivity index (χ0n) is 10.8. The van der Waals surface area contributed by atoms with Crippen molar-refractivity contribution in [3.05, 3.63) is 24.0 Å². The summed E-state index contributed by atoms with van der Waals surface area (Å²) in [5.74, 6) is 0. The van der Waals surface area contributed by atoms with Gasteiger partial charge in [0.25, 0.3) is 0 Å². The normalized spacial score (nSPS) is 19.3. The van der Waals surface area contributed by atoms with Crippen LogP contribution in [0.15, 0.2) is 18.3 Å². The maximum Gasteiger partial charge on any atom is 0.414 e. The molecule has 0 radical (unpaired) electrons. The minimum atomic E-state index is -0.481. The van der Waals surface area contributed by atoms with Crippen LogP contribution in [0.4, 0.5) is 10.5 Å². The van der Waals surface area contributed by atoms with E-state index < -0.39 is 5.60 Å². The van der Waals surface area contributed by atoms with Gasteiger partial charge in [-0.3, -0.25) is 9.88 Å². The van der Waals surface area contributed by atoms with Crippen LogP contribution in [-0.2, 0) is 4.74 Å². The van der Waals surface area contributed by atoms with Crippen LogP contribution in [-0.4, -0.2) is 23.2 Å². The average molecular weight is 313 g/mol. The van der Waals surface area contributed by atoms with Gasteiger partial charge >= 0.3 is 6.09 Å². The van der Waals surface area contributed by atoms with Gasteiger partial charge in [0, 0.05) is 12.7 Å². The van der Waals surface area contributed by atoms with Gasteiger partial charge in [-0.1, -0.05) is 15.9 Å². The molecule has 1 amide bonds. The number of aromatic nitrogens is 1. The largest absolute Gasteiger partial charge is 0.443 e. The number of ether oxygens (including phenoxy) is 1. The van der Waals surface area contributed by atoms with Crippen LogP contribution >= 0.6 is 15.9 Å². The monoisotopic (exact) mass is 312 g/mol. The van der Waals surface area contributed by atoms with Gasteiger partial charge in [-0.15, -0.1) is 0 Å². The fraction of sp³-hybridized carbons (Fsp3) is 0.538. The number of nitrogens with zero attached hydrogens (tertiary/aromatic N) is 2. The maximum atomic E-state index is 12.1. The molecule has 18 heavy (non-hydrogen) atoms. The standard InChI is InChI=1S/C13H17BrN2O2/c1-13(2,3)18-12(17)16-8-6-9(14)11-10(16)5-4-7-15-11/h4-5,7,9H,6,8H2,1-3H3. The van der Waals surface area contributed by atoms with Crippen molar-refractivity contribution in [3.63, 3.8) is 0 Å². The molecule has 1 aliphatic heterocycles. The van der Waals surface area contributed by atoms with Crippen molar-refractivity contribution in [3.8, 4) is 0 Å². The molecule has 1 aromatic rings. The van der Waals surface area contributed by atoms with Crippen molar-refractivity contribution in [2.45, 2.75) is 37.6 Å². The molecule has 1 aromatic heterocycles. The molecule has 0 bridgehead atoms. The Balaban J connectivity index is 2.26. The van der Waals surface area contributed by atoms with Gasteiger partial charge in [0.1, 0.15) is 5.60 Å². The summed E-state index contributed by atoms with van der Waals surface area (Å²) in [5, 5.41) is 0. The Bertz CT molecular complexity index is 457. The second-order valence-electron chi connectivity index (χ2n) is 5.30. The fourth-order valence-corrected chi connectivity index (χ4v) is 2.44. The summed E-state index contributed by atoms with van der Waals surface area (Å²) in [6.45, 7) is 6.24. The van der Waals surface area contributed by atoms with Gasteiger partial charge in [0.05, 0.1) is 16.2 Å². The van der Waals surface area contributed by atoms with Crippen LogP contribution < -0.4 is 4.90 Å². The highest BCUT2D eigenvalue weighted by Crippen LogP contribution is 2.37. The number of carbonyl (C=O) groups excluding carboxylic acids is 1. The minimum Gasteiger partial charge on any atom is -0.443 e. The third-order valence-corrected chi connectivity index (χ3v) is 3.52. The predicted octanol–water partition coefficient (Wildman–Crippen LogP) is 3.66. The first-order valence-corrected chi connectivity index (χ1v) is 6.89. The number of carbonyl (C=O) groups is 1. The van der Waals surface area contributed by atoms with Crippen molar-refractivity contribution in [1.29, 1.82) is 0 Å². The molecule has 98 valence electrons. The zero-order valence-corrected chi connectivity index (χ0v) is 12.4. The Kier molecular flexibility index (Phi) is 3.61. The highest BCUT2D eigenvalue weighted by molar-refractivity contribution is 9.09. The van der Waals surface area contributed by atoms with E-state index in [1.807, 2.05) is 32.9 Å². The summed E-state index contributed by atoms with van der Waals surface area (Å²) in [7, 11) is 0. The second kappa shape index (κ2) is 4.88. The first-order chi connectivity index (χ1) is 8.38. The molecule has 4 nitrogen and oxygen atoms in total. The van der Waals surface area contributed by atoms with E-state index in [0.717, 1.165) is 17.8 Å². The summed E-state index contributed by atoms with van der Waals surface area (Å²) >= 11 is 3.58. The number of pyridine rings is 1. The van der Waals surface area contributed by atoms with E-state index in [2.05, 4.69) is 20.9 Å². The molecule has 1 unspecified atom stereocenters. The molecular formula is C13H17BrN2O2. The van der Waals surface area contributed by atoms with E-state index in [0.29, 0.717) is 6.54 Å². The van der Waals surface area contributed by atoms with E-state index in [-0.39, 0.29) is 10.9 Å². The van der Waals surface area contributed by atoms with Crippen molar-refractivity contribution in [2.24, 2.45) is 0 Å². The van der Waals surface area contributed by atoms with Crippen molar-refractivity contribution in [1.82, 2.24) is 4.98 Å². The minimum absolute atomic E-state index is 0.201. The highest BCUT2D eigenvalue weighted by atomic mass is 79.9. The van der Waals surface area contributed by atoms with Gasteiger partial charge in [-0.05, 0) is 39.3 Å². The number of hydrogen-bond donors (Lipinski definition) is 0. The lowest BCUT2D eigenvalue weighted by molar-refractivity contribution is 0.0577. The molecule has 1 aliphatic rings. The van der Waals surface area contributed by atoms with Crippen molar-refractivity contribution >= 4 is 27.7 Å². The Morgan fingerprint density at radius 3 is 2.94 bits per heavy atom. The number of anilines is 1.